The number of aromatic nitrogens is 3. The van der Waals surface area contributed by atoms with Crippen molar-refractivity contribution < 1.29 is 4.79 Å². The predicted molar refractivity (Wildman–Crippen MR) is 121 cm³/mol. The molecule has 0 saturated carbocycles. The van der Waals surface area contributed by atoms with Crippen LogP contribution in [-0.4, -0.2) is 44.9 Å². The second kappa shape index (κ2) is 9.38. The fraction of sp³-hybridized carbons (Fsp3) is 0.250. The van der Waals surface area contributed by atoms with Gasteiger partial charge in [-0.25, -0.2) is 0 Å². The lowest BCUT2D eigenvalue weighted by Crippen LogP contribution is -2.57. The minimum Gasteiger partial charge on any atom is -0.374 e. The molecule has 7 heteroatoms. The smallest absolute Gasteiger partial charge is 0.271 e. The Kier molecular flexibility index (Phi) is 6.21. The number of H-pyrrole nitrogens is 1. The van der Waals surface area contributed by atoms with Crippen LogP contribution in [0.2, 0.25) is 0 Å². The van der Waals surface area contributed by atoms with Gasteiger partial charge in [-0.2, -0.15) is 0 Å². The quantitative estimate of drug-likeness (QED) is 0.579. The molecule has 0 bridgehead atoms. The fourth-order valence-electron chi connectivity index (χ4n) is 3.48. The van der Waals surface area contributed by atoms with Gasteiger partial charge in [-0.3, -0.25) is 19.6 Å². The van der Waals surface area contributed by atoms with Crippen molar-refractivity contribution in [3.8, 4) is 11.1 Å². The minimum atomic E-state index is -0.173. The number of hydrogen-bond donors (Lipinski definition) is 2. The molecule has 4 heterocycles. The van der Waals surface area contributed by atoms with Gasteiger partial charge in [-0.1, -0.05) is 19.1 Å². The van der Waals surface area contributed by atoms with Crippen LogP contribution in [0.5, 0.6) is 0 Å². The molecule has 2 N–H and O–H groups in total. The number of rotatable bonds is 7. The fourth-order valence-corrected chi connectivity index (χ4v) is 3.48. The lowest BCUT2D eigenvalue weighted by molar-refractivity contribution is -0.129. The first-order valence-corrected chi connectivity index (χ1v) is 10.4. The molecule has 1 saturated heterocycles. The Bertz CT molecular complexity index is 1130. The summed E-state index contributed by atoms with van der Waals surface area (Å²) in [5.41, 5.74) is 4.19. The van der Waals surface area contributed by atoms with Crippen LogP contribution in [0.25, 0.3) is 11.1 Å². The lowest BCUT2D eigenvalue weighted by atomic mass is 10.1. The highest BCUT2D eigenvalue weighted by Crippen LogP contribution is 2.21. The predicted octanol–water partition coefficient (Wildman–Crippen LogP) is 2.82. The molecule has 4 rings (SSSR count). The third-order valence-corrected chi connectivity index (χ3v) is 5.28. The van der Waals surface area contributed by atoms with E-state index in [-0.39, 0.29) is 17.5 Å². The highest BCUT2D eigenvalue weighted by Gasteiger charge is 2.29. The highest BCUT2D eigenvalue weighted by molar-refractivity contribution is 5.88. The molecule has 0 unspecified atom stereocenters. The number of amides is 1. The van der Waals surface area contributed by atoms with Crippen molar-refractivity contribution in [3.63, 3.8) is 0 Å². The Balaban J connectivity index is 1.33. The van der Waals surface area contributed by atoms with E-state index in [9.17, 15) is 9.59 Å². The van der Waals surface area contributed by atoms with Crippen molar-refractivity contribution in [1.29, 1.82) is 0 Å². The van der Waals surface area contributed by atoms with Crippen LogP contribution in [0, 0.1) is 0 Å². The molecule has 0 spiro atoms. The number of aryl methyl sites for hydroxylation is 1. The molecular weight excluding hydrogens is 390 g/mol. The molecule has 3 aromatic heterocycles. The third-order valence-electron chi connectivity index (χ3n) is 5.28. The lowest BCUT2D eigenvalue weighted by Gasteiger charge is -2.39. The third kappa shape index (κ3) is 5.06. The molecule has 0 atom stereocenters. The number of likely N-dealkylation sites (tertiary alicyclic amines) is 1. The zero-order chi connectivity index (χ0) is 21.6. The molecule has 0 aromatic carbocycles. The second-order valence-electron chi connectivity index (χ2n) is 7.53. The number of nitrogens with zero attached hydrogens (tertiary/aromatic N) is 3. The Labute approximate surface area is 180 Å². The van der Waals surface area contributed by atoms with Gasteiger partial charge in [-0.15, -0.1) is 0 Å². The molecule has 0 radical (unpaired) electrons. The monoisotopic (exact) mass is 415 g/mol. The van der Waals surface area contributed by atoms with Gasteiger partial charge >= 0.3 is 0 Å². The number of hydrogen-bond acceptors (Lipinski definition) is 5. The first-order valence-electron chi connectivity index (χ1n) is 10.4. The number of nitrogens with one attached hydrogen (secondary N) is 2. The van der Waals surface area contributed by atoms with Crippen LogP contribution in [0.4, 0.5) is 5.69 Å². The number of carbonyl (C=O) groups is 1. The Hall–Kier alpha value is -3.74. The van der Waals surface area contributed by atoms with Gasteiger partial charge in [0.25, 0.3) is 5.56 Å². The molecule has 1 amide bonds. The summed E-state index contributed by atoms with van der Waals surface area (Å²) in [4.78, 5) is 37.7. The average Bonchev–Trinajstić information content (AvgIpc) is 2.77. The summed E-state index contributed by atoms with van der Waals surface area (Å²) < 4.78 is 0. The van der Waals surface area contributed by atoms with Crippen molar-refractivity contribution in [2.75, 3.05) is 18.4 Å². The normalized spacial score (nSPS) is 13.9. The minimum absolute atomic E-state index is 0.0273. The number of pyridine rings is 3. The van der Waals surface area contributed by atoms with Crippen LogP contribution >= 0.6 is 0 Å². The number of aromatic amines is 1. The Morgan fingerprint density at radius 3 is 2.77 bits per heavy atom. The molecule has 1 aliphatic heterocycles. The summed E-state index contributed by atoms with van der Waals surface area (Å²) in [6.07, 6.45) is 10.1. The topological polar surface area (TPSA) is 91.0 Å². The van der Waals surface area contributed by atoms with Crippen LogP contribution in [0.3, 0.4) is 0 Å². The van der Waals surface area contributed by atoms with E-state index >= 15 is 0 Å². The van der Waals surface area contributed by atoms with Crippen molar-refractivity contribution in [3.05, 3.63) is 88.9 Å². The maximum atomic E-state index is 12.3. The maximum absolute atomic E-state index is 12.3. The van der Waals surface area contributed by atoms with E-state index in [1.165, 1.54) is 0 Å². The molecule has 1 fully saturated rings. The zero-order valence-corrected chi connectivity index (χ0v) is 17.4. The second-order valence-corrected chi connectivity index (χ2v) is 7.53. The summed E-state index contributed by atoms with van der Waals surface area (Å²) >= 11 is 0. The standard InChI is InChI=1S/C24H25N5O2/c1-2-19-12-17(9-11-26-19)18-13-22(24(31)27-14-18)28-21-15-29(16-21)23(30)8-5-7-20-6-3-4-10-25-20/h3-6,8-14,21,28H,2,7,15-16H2,1H3,(H,27,31)/b8-5+. The molecule has 0 aliphatic carbocycles. The molecule has 158 valence electrons. The first-order chi connectivity index (χ1) is 15.1. The van der Waals surface area contributed by atoms with Gasteiger partial charge in [0.15, 0.2) is 0 Å². The van der Waals surface area contributed by atoms with E-state index in [2.05, 4.69) is 27.2 Å². The van der Waals surface area contributed by atoms with Crippen molar-refractivity contribution in [2.24, 2.45) is 0 Å². The zero-order valence-electron chi connectivity index (χ0n) is 17.4. The summed E-state index contributed by atoms with van der Waals surface area (Å²) in [5.74, 6) is -0.0273. The van der Waals surface area contributed by atoms with Gasteiger partial charge in [0.1, 0.15) is 5.69 Å². The van der Waals surface area contributed by atoms with E-state index in [1.807, 2.05) is 42.5 Å². The van der Waals surface area contributed by atoms with Crippen molar-refractivity contribution in [1.82, 2.24) is 19.9 Å². The largest absolute Gasteiger partial charge is 0.374 e. The summed E-state index contributed by atoms with van der Waals surface area (Å²) in [6.45, 7) is 3.18. The van der Waals surface area contributed by atoms with Gasteiger partial charge in [0.05, 0.1) is 6.04 Å². The van der Waals surface area contributed by atoms with Crippen LogP contribution in [0.15, 0.2) is 71.9 Å². The summed E-state index contributed by atoms with van der Waals surface area (Å²) in [7, 11) is 0. The average molecular weight is 415 g/mol. The summed E-state index contributed by atoms with van der Waals surface area (Å²) in [6, 6.07) is 11.6. The Morgan fingerprint density at radius 2 is 2.00 bits per heavy atom. The van der Waals surface area contributed by atoms with Gasteiger partial charge < -0.3 is 15.2 Å². The van der Waals surface area contributed by atoms with Crippen LogP contribution in [0.1, 0.15) is 18.3 Å². The number of anilines is 1. The van der Waals surface area contributed by atoms with Crippen molar-refractivity contribution in [2.45, 2.75) is 25.8 Å². The van der Waals surface area contributed by atoms with Crippen LogP contribution < -0.4 is 10.9 Å². The van der Waals surface area contributed by atoms with Gasteiger partial charge in [0.2, 0.25) is 5.91 Å². The molecule has 1 aliphatic rings. The van der Waals surface area contributed by atoms with E-state index in [0.29, 0.717) is 25.2 Å². The maximum Gasteiger partial charge on any atom is 0.271 e. The van der Waals surface area contributed by atoms with E-state index < -0.39 is 0 Å². The first kappa shape index (κ1) is 20.5. The number of allylic oxidation sites excluding steroid dienone is 1. The van der Waals surface area contributed by atoms with Crippen molar-refractivity contribution >= 4 is 11.6 Å². The molecule has 31 heavy (non-hydrogen) atoms. The van der Waals surface area contributed by atoms with Crippen LogP contribution in [-0.2, 0) is 17.6 Å². The van der Waals surface area contributed by atoms with Gasteiger partial charge in [0, 0.05) is 55.1 Å². The summed E-state index contributed by atoms with van der Waals surface area (Å²) in [5, 5.41) is 3.26. The van der Waals surface area contributed by atoms with E-state index in [4.69, 9.17) is 0 Å². The Morgan fingerprint density at radius 1 is 1.16 bits per heavy atom. The molecule has 7 nitrogen and oxygen atoms in total. The highest BCUT2D eigenvalue weighted by atomic mass is 16.2. The van der Waals surface area contributed by atoms with E-state index in [1.54, 1.807) is 29.6 Å². The SMILES string of the molecule is CCc1cc(-c2c[nH]c(=O)c(NC3CN(C(=O)/C=C/Cc4ccccn4)C3)c2)ccn1. The van der Waals surface area contributed by atoms with E-state index in [0.717, 1.165) is 28.9 Å². The number of carbonyl (C=O) groups excluding carboxylic acids is 1. The molecule has 3 aromatic rings. The van der Waals surface area contributed by atoms with Gasteiger partial charge in [-0.05, 0) is 48.4 Å². The molecular formula is C24H25N5O2.